The maximum Gasteiger partial charge on any atom is 0.307 e. The number of carbonyl (C=O) groups is 2. The van der Waals surface area contributed by atoms with E-state index < -0.39 is 17.8 Å². The molecular formula is C15H21NO4. The van der Waals surface area contributed by atoms with E-state index >= 15 is 0 Å². The average Bonchev–Trinajstić information content (AvgIpc) is 2.45. The molecule has 0 saturated heterocycles. The molecule has 110 valence electrons. The van der Waals surface area contributed by atoms with Crippen LogP contribution < -0.4 is 0 Å². The fraction of sp³-hybridized carbons (Fsp3) is 0.467. The Labute approximate surface area is 118 Å². The van der Waals surface area contributed by atoms with E-state index in [0.29, 0.717) is 6.54 Å². The molecule has 0 heterocycles. The molecule has 0 spiro atoms. The summed E-state index contributed by atoms with van der Waals surface area (Å²) in [6.45, 7) is 3.55. The number of aliphatic hydroxyl groups is 1. The van der Waals surface area contributed by atoms with E-state index in [-0.39, 0.29) is 19.1 Å². The van der Waals surface area contributed by atoms with Gasteiger partial charge in [-0.25, -0.2) is 0 Å². The number of benzene rings is 1. The third kappa shape index (κ3) is 4.35. The second-order valence-corrected chi connectivity index (χ2v) is 4.88. The third-order valence-corrected chi connectivity index (χ3v) is 3.43. The second kappa shape index (κ2) is 7.65. The van der Waals surface area contributed by atoms with Gasteiger partial charge in [0.2, 0.25) is 5.91 Å². The number of amides is 1. The standard InChI is InChI=1S/C15H21NO4/c1-11(12(2)15(19)20)14(18)16(8-9-17)10-13-6-4-3-5-7-13/h3-7,11-12,17H,8-10H2,1-2H3,(H,19,20). The van der Waals surface area contributed by atoms with Crippen molar-refractivity contribution >= 4 is 11.9 Å². The molecule has 5 heteroatoms. The van der Waals surface area contributed by atoms with Gasteiger partial charge in [0.15, 0.2) is 0 Å². The van der Waals surface area contributed by atoms with Crippen LogP contribution in [0.5, 0.6) is 0 Å². The zero-order valence-corrected chi connectivity index (χ0v) is 11.8. The van der Waals surface area contributed by atoms with E-state index in [1.807, 2.05) is 30.3 Å². The van der Waals surface area contributed by atoms with E-state index in [9.17, 15) is 9.59 Å². The van der Waals surface area contributed by atoms with E-state index in [1.165, 1.54) is 11.8 Å². The van der Waals surface area contributed by atoms with Gasteiger partial charge >= 0.3 is 5.97 Å². The largest absolute Gasteiger partial charge is 0.481 e. The van der Waals surface area contributed by atoms with Crippen LogP contribution in [0.25, 0.3) is 0 Å². The molecule has 1 rings (SSSR count). The van der Waals surface area contributed by atoms with Gasteiger partial charge in [0.1, 0.15) is 0 Å². The van der Waals surface area contributed by atoms with Crippen LogP contribution >= 0.6 is 0 Å². The number of carboxylic acids is 1. The van der Waals surface area contributed by atoms with Crippen molar-refractivity contribution < 1.29 is 19.8 Å². The lowest BCUT2D eigenvalue weighted by Gasteiger charge is -2.26. The fourth-order valence-corrected chi connectivity index (χ4v) is 1.91. The Kier molecular flexibility index (Phi) is 6.18. The number of aliphatic hydroxyl groups excluding tert-OH is 1. The van der Waals surface area contributed by atoms with Crippen molar-refractivity contribution in [3.8, 4) is 0 Å². The number of carbonyl (C=O) groups excluding carboxylic acids is 1. The Morgan fingerprint density at radius 2 is 1.75 bits per heavy atom. The predicted molar refractivity (Wildman–Crippen MR) is 74.9 cm³/mol. The van der Waals surface area contributed by atoms with Gasteiger partial charge in [0, 0.05) is 19.0 Å². The molecule has 20 heavy (non-hydrogen) atoms. The zero-order chi connectivity index (χ0) is 15.1. The summed E-state index contributed by atoms with van der Waals surface area (Å²) >= 11 is 0. The lowest BCUT2D eigenvalue weighted by Crippen LogP contribution is -2.40. The van der Waals surface area contributed by atoms with Gasteiger partial charge in [-0.05, 0) is 5.56 Å². The van der Waals surface area contributed by atoms with E-state index in [0.717, 1.165) is 5.56 Å². The maximum absolute atomic E-state index is 12.3. The number of nitrogens with zero attached hydrogens (tertiary/aromatic N) is 1. The number of rotatable bonds is 7. The lowest BCUT2D eigenvalue weighted by atomic mass is 9.94. The monoisotopic (exact) mass is 279 g/mol. The summed E-state index contributed by atoms with van der Waals surface area (Å²) in [6, 6.07) is 9.42. The Bertz CT molecular complexity index is 446. The number of hydrogen-bond donors (Lipinski definition) is 2. The highest BCUT2D eigenvalue weighted by molar-refractivity contribution is 5.84. The molecule has 2 N–H and O–H groups in total. The Morgan fingerprint density at radius 1 is 1.15 bits per heavy atom. The van der Waals surface area contributed by atoms with E-state index in [2.05, 4.69) is 0 Å². The first-order chi connectivity index (χ1) is 9.47. The van der Waals surface area contributed by atoms with Crippen LogP contribution in [0.3, 0.4) is 0 Å². The van der Waals surface area contributed by atoms with Crippen molar-refractivity contribution in [1.29, 1.82) is 0 Å². The first-order valence-electron chi connectivity index (χ1n) is 6.63. The summed E-state index contributed by atoms with van der Waals surface area (Å²) in [6.07, 6.45) is 0. The molecule has 2 unspecified atom stereocenters. The van der Waals surface area contributed by atoms with Crippen LogP contribution in [0.15, 0.2) is 30.3 Å². The molecule has 2 atom stereocenters. The topological polar surface area (TPSA) is 77.8 Å². The average molecular weight is 279 g/mol. The van der Waals surface area contributed by atoms with Crippen LogP contribution in [0.4, 0.5) is 0 Å². The highest BCUT2D eigenvalue weighted by Gasteiger charge is 2.29. The quantitative estimate of drug-likeness (QED) is 0.790. The van der Waals surface area contributed by atoms with Crippen molar-refractivity contribution in [3.05, 3.63) is 35.9 Å². The van der Waals surface area contributed by atoms with Crippen molar-refractivity contribution in [2.75, 3.05) is 13.2 Å². The van der Waals surface area contributed by atoms with Crippen LogP contribution in [-0.4, -0.2) is 40.1 Å². The molecule has 0 aliphatic carbocycles. The molecule has 1 aromatic rings. The summed E-state index contributed by atoms with van der Waals surface area (Å²) in [5, 5.41) is 18.1. The van der Waals surface area contributed by atoms with Crippen LogP contribution in [-0.2, 0) is 16.1 Å². The van der Waals surface area contributed by atoms with Gasteiger partial charge in [0.05, 0.1) is 12.5 Å². The summed E-state index contributed by atoms with van der Waals surface area (Å²) < 4.78 is 0. The molecule has 0 aliphatic rings. The minimum atomic E-state index is -0.991. The minimum absolute atomic E-state index is 0.146. The molecule has 1 amide bonds. The van der Waals surface area contributed by atoms with E-state index in [4.69, 9.17) is 10.2 Å². The normalized spacial score (nSPS) is 13.6. The number of hydrogen-bond acceptors (Lipinski definition) is 3. The van der Waals surface area contributed by atoms with Crippen LogP contribution in [0.2, 0.25) is 0 Å². The lowest BCUT2D eigenvalue weighted by molar-refractivity contribution is -0.149. The summed E-state index contributed by atoms with van der Waals surface area (Å²) in [5.41, 5.74) is 0.949. The Hall–Kier alpha value is -1.88. The molecule has 0 aromatic heterocycles. The first kappa shape index (κ1) is 16.2. The minimum Gasteiger partial charge on any atom is -0.481 e. The third-order valence-electron chi connectivity index (χ3n) is 3.43. The SMILES string of the molecule is CC(C(=O)O)C(C)C(=O)N(CCO)Cc1ccccc1. The molecule has 0 fully saturated rings. The van der Waals surface area contributed by atoms with Gasteiger partial charge in [-0.2, -0.15) is 0 Å². The van der Waals surface area contributed by atoms with Gasteiger partial charge < -0.3 is 15.1 Å². The molecule has 1 aromatic carbocycles. The van der Waals surface area contributed by atoms with Crippen LogP contribution in [0.1, 0.15) is 19.4 Å². The van der Waals surface area contributed by atoms with E-state index in [1.54, 1.807) is 6.92 Å². The highest BCUT2D eigenvalue weighted by atomic mass is 16.4. The van der Waals surface area contributed by atoms with Crippen molar-refractivity contribution in [2.45, 2.75) is 20.4 Å². The molecule has 5 nitrogen and oxygen atoms in total. The smallest absolute Gasteiger partial charge is 0.307 e. The summed E-state index contributed by atoms with van der Waals surface area (Å²) in [5.74, 6) is -2.62. The van der Waals surface area contributed by atoms with Crippen LogP contribution in [0, 0.1) is 11.8 Å². The molecule has 0 aliphatic heterocycles. The van der Waals surface area contributed by atoms with Crippen molar-refractivity contribution in [2.24, 2.45) is 11.8 Å². The second-order valence-electron chi connectivity index (χ2n) is 4.88. The fourth-order valence-electron chi connectivity index (χ4n) is 1.91. The maximum atomic E-state index is 12.3. The Morgan fingerprint density at radius 3 is 2.25 bits per heavy atom. The predicted octanol–water partition coefficient (Wildman–Crippen LogP) is 1.36. The summed E-state index contributed by atoms with van der Waals surface area (Å²) in [7, 11) is 0. The molecule has 0 saturated carbocycles. The first-order valence-corrected chi connectivity index (χ1v) is 6.63. The molecule has 0 radical (unpaired) electrons. The van der Waals surface area contributed by atoms with Gasteiger partial charge in [-0.15, -0.1) is 0 Å². The van der Waals surface area contributed by atoms with Gasteiger partial charge in [0.25, 0.3) is 0 Å². The number of carboxylic acid groups (broad SMARTS) is 1. The van der Waals surface area contributed by atoms with Gasteiger partial charge in [-0.1, -0.05) is 44.2 Å². The zero-order valence-electron chi connectivity index (χ0n) is 11.8. The highest BCUT2D eigenvalue weighted by Crippen LogP contribution is 2.16. The Balaban J connectivity index is 2.79. The van der Waals surface area contributed by atoms with Crippen molar-refractivity contribution in [1.82, 2.24) is 4.90 Å². The molecule has 0 bridgehead atoms. The number of aliphatic carboxylic acids is 1. The summed E-state index contributed by atoms with van der Waals surface area (Å²) in [4.78, 5) is 24.8. The van der Waals surface area contributed by atoms with Crippen molar-refractivity contribution in [3.63, 3.8) is 0 Å². The van der Waals surface area contributed by atoms with Gasteiger partial charge in [-0.3, -0.25) is 9.59 Å². The molecular weight excluding hydrogens is 258 g/mol.